The zero-order chi connectivity index (χ0) is 14.1. The van der Waals surface area contributed by atoms with Gasteiger partial charge in [-0.25, -0.2) is 0 Å². The largest absolute Gasteiger partial charge is 0.522 e. The fraction of sp³-hybridized carbons (Fsp3) is 1.00. The zero-order valence-corrected chi connectivity index (χ0v) is 9.67. The molecule has 0 spiro atoms. The van der Waals surface area contributed by atoms with E-state index in [1.54, 1.807) is 0 Å². The van der Waals surface area contributed by atoms with Crippen LogP contribution < -0.4 is 0 Å². The first-order valence-electron chi connectivity index (χ1n) is 2.95. The highest BCUT2D eigenvalue weighted by atomic mass is 32.2. The van der Waals surface area contributed by atoms with Crippen molar-refractivity contribution in [2.45, 2.75) is 11.0 Å². The van der Waals surface area contributed by atoms with E-state index in [1.165, 1.54) is 0 Å². The van der Waals surface area contributed by atoms with E-state index in [2.05, 4.69) is 7.74 Å². The van der Waals surface area contributed by atoms with Crippen LogP contribution in [0.3, 0.4) is 0 Å². The molecule has 0 aliphatic rings. The molecule has 0 amide bonds. The maximum absolute atomic E-state index is 11.6. The first kappa shape index (κ1) is 16.6. The first-order valence-corrected chi connectivity index (χ1v) is 6.58. The third-order valence-corrected chi connectivity index (χ3v) is 4.29. The summed E-state index contributed by atoms with van der Waals surface area (Å²) in [6, 6.07) is 0. The molecule has 0 fully saturated rings. The number of alkyl halides is 6. The quantitative estimate of drug-likeness (QED) is 0.418. The normalized spacial score (nSPS) is 14.9. The average Bonchev–Trinajstić information content (AvgIpc) is 1.98. The van der Waals surface area contributed by atoms with Crippen molar-refractivity contribution in [3.8, 4) is 0 Å². The maximum Gasteiger partial charge on any atom is 0.522 e. The second kappa shape index (κ2) is 4.71. The van der Waals surface area contributed by atoms with E-state index in [0.717, 1.165) is 0 Å². The highest BCUT2D eigenvalue weighted by molar-refractivity contribution is 7.89. The highest BCUT2D eigenvalue weighted by Gasteiger charge is 2.50. The smallest absolute Gasteiger partial charge is 0.271 e. The Morgan fingerprint density at radius 2 is 0.941 bits per heavy atom. The van der Waals surface area contributed by atoms with Gasteiger partial charge in [-0.3, -0.25) is 7.74 Å². The van der Waals surface area contributed by atoms with E-state index in [9.17, 15) is 43.2 Å². The summed E-state index contributed by atoms with van der Waals surface area (Å²) in [7, 11) is -15.0. The van der Waals surface area contributed by atoms with Gasteiger partial charge in [0.1, 0.15) is 0 Å². The molecule has 0 aromatic rings. The van der Waals surface area contributed by atoms with Gasteiger partial charge in [-0.15, -0.1) is 0 Å². The Morgan fingerprint density at radius 3 is 1.12 bits per heavy atom. The fourth-order valence-electron chi connectivity index (χ4n) is 0.198. The molecule has 0 unspecified atom stereocenters. The molecule has 0 N–H and O–H groups in total. The number of hydrogen-bond acceptors (Lipinski definition) is 6. The lowest BCUT2D eigenvalue weighted by Crippen LogP contribution is -2.31. The summed E-state index contributed by atoms with van der Waals surface area (Å²) in [6.07, 6.45) is 0. The van der Waals surface area contributed by atoms with Gasteiger partial charge >= 0.3 is 41.3 Å². The Bertz CT molecular complexity index is 414. The molecular formula is C2F6O6S2Si. The molecule has 17 heavy (non-hydrogen) atoms. The van der Waals surface area contributed by atoms with Crippen molar-refractivity contribution in [2.24, 2.45) is 0 Å². The first-order chi connectivity index (χ1) is 7.21. The molecule has 0 aromatic carbocycles. The molecule has 0 saturated heterocycles. The average molecular weight is 326 g/mol. The number of hydrogen-bond donors (Lipinski definition) is 0. The summed E-state index contributed by atoms with van der Waals surface area (Å²) >= 11 is 0. The van der Waals surface area contributed by atoms with Gasteiger partial charge in [-0.05, 0) is 0 Å². The molecular weight excluding hydrogens is 326 g/mol. The molecule has 0 heterocycles. The Labute approximate surface area is 92.8 Å². The zero-order valence-electron chi connectivity index (χ0n) is 7.03. The third kappa shape index (κ3) is 4.41. The second-order valence-corrected chi connectivity index (χ2v) is 6.29. The van der Waals surface area contributed by atoms with E-state index in [1.807, 2.05) is 0 Å². The standard InChI is InChI=1S/C2F6O6S2Si/c3-1(4,5)15(9,10)13-17-14-16(11,12)2(6,7)8. The topological polar surface area (TPSA) is 86.7 Å². The monoisotopic (exact) mass is 326 g/mol. The lowest BCUT2D eigenvalue weighted by Gasteiger charge is -2.08. The highest BCUT2D eigenvalue weighted by Crippen LogP contribution is 2.26. The van der Waals surface area contributed by atoms with Crippen molar-refractivity contribution >= 4 is 30.2 Å². The molecule has 0 atom stereocenters. The summed E-state index contributed by atoms with van der Waals surface area (Å²) in [4.78, 5) is 0. The van der Waals surface area contributed by atoms with Crippen LogP contribution in [0.2, 0.25) is 0 Å². The van der Waals surface area contributed by atoms with Crippen molar-refractivity contribution < 1.29 is 50.9 Å². The van der Waals surface area contributed by atoms with Gasteiger partial charge < -0.3 is 0 Å². The summed E-state index contributed by atoms with van der Waals surface area (Å²) in [5.74, 6) is 0. The van der Waals surface area contributed by atoms with Gasteiger partial charge in [-0.1, -0.05) is 0 Å². The predicted molar refractivity (Wildman–Crippen MR) is 37.9 cm³/mol. The van der Waals surface area contributed by atoms with E-state index in [0.29, 0.717) is 0 Å². The molecule has 0 rings (SSSR count). The summed E-state index contributed by atoms with van der Waals surface area (Å²) in [5.41, 5.74) is -11.8. The van der Waals surface area contributed by atoms with Crippen LogP contribution in [0.5, 0.6) is 0 Å². The van der Waals surface area contributed by atoms with Crippen molar-refractivity contribution in [3.05, 3.63) is 0 Å². The Morgan fingerprint density at radius 1 is 0.706 bits per heavy atom. The molecule has 0 bridgehead atoms. The van der Waals surface area contributed by atoms with Crippen LogP contribution in [0.25, 0.3) is 0 Å². The van der Waals surface area contributed by atoms with E-state index in [4.69, 9.17) is 0 Å². The Kier molecular flexibility index (Phi) is 4.60. The van der Waals surface area contributed by atoms with E-state index < -0.39 is 41.3 Å². The van der Waals surface area contributed by atoms with Gasteiger partial charge in [-0.2, -0.15) is 43.2 Å². The lowest BCUT2D eigenvalue weighted by atomic mass is 11.6. The molecule has 102 valence electrons. The Balaban J connectivity index is 4.58. The minimum Gasteiger partial charge on any atom is -0.271 e. The molecule has 6 nitrogen and oxygen atoms in total. The molecule has 2 radical (unpaired) electrons. The summed E-state index contributed by atoms with van der Waals surface area (Å²) in [6.45, 7) is 0. The van der Waals surface area contributed by atoms with Crippen LogP contribution in [0.15, 0.2) is 0 Å². The van der Waals surface area contributed by atoms with Crippen LogP contribution in [0.1, 0.15) is 0 Å². The molecule has 0 saturated carbocycles. The summed E-state index contributed by atoms with van der Waals surface area (Å²) in [5, 5.41) is 0. The van der Waals surface area contributed by atoms with Gasteiger partial charge in [0.05, 0.1) is 0 Å². The van der Waals surface area contributed by atoms with Crippen LogP contribution in [-0.4, -0.2) is 37.9 Å². The predicted octanol–water partition coefficient (Wildman–Crippen LogP) is 0.253. The van der Waals surface area contributed by atoms with Crippen molar-refractivity contribution in [1.29, 1.82) is 0 Å². The van der Waals surface area contributed by atoms with Crippen LogP contribution in [0.4, 0.5) is 26.3 Å². The van der Waals surface area contributed by atoms with Crippen molar-refractivity contribution in [1.82, 2.24) is 0 Å². The minimum absolute atomic E-state index is 2.53. The summed E-state index contributed by atoms with van der Waals surface area (Å²) < 4.78 is 115. The van der Waals surface area contributed by atoms with Crippen LogP contribution >= 0.6 is 0 Å². The van der Waals surface area contributed by atoms with Gasteiger partial charge in [0, 0.05) is 0 Å². The molecule has 0 aliphatic heterocycles. The number of halogens is 6. The van der Waals surface area contributed by atoms with Crippen LogP contribution in [0, 0.1) is 0 Å². The molecule has 0 aromatic heterocycles. The molecule has 0 aliphatic carbocycles. The van der Waals surface area contributed by atoms with E-state index >= 15 is 0 Å². The lowest BCUT2D eigenvalue weighted by molar-refractivity contribution is -0.0519. The molecule has 15 heteroatoms. The van der Waals surface area contributed by atoms with Crippen molar-refractivity contribution in [3.63, 3.8) is 0 Å². The van der Waals surface area contributed by atoms with Gasteiger partial charge in [0.25, 0.3) is 0 Å². The maximum atomic E-state index is 11.6. The van der Waals surface area contributed by atoms with Gasteiger partial charge in [0.2, 0.25) is 0 Å². The number of rotatable bonds is 4. The van der Waals surface area contributed by atoms with Crippen molar-refractivity contribution in [2.75, 3.05) is 0 Å². The second-order valence-electron chi connectivity index (χ2n) is 2.05. The van der Waals surface area contributed by atoms with Crippen LogP contribution in [-0.2, 0) is 28.0 Å². The minimum atomic E-state index is -6.21. The fourth-order valence-corrected chi connectivity index (χ4v) is 2.03. The van der Waals surface area contributed by atoms with E-state index in [-0.39, 0.29) is 0 Å². The Hall–Kier alpha value is -0.383. The van der Waals surface area contributed by atoms with Gasteiger partial charge in [0.15, 0.2) is 0 Å². The SMILES string of the molecule is O=S(=O)(O[Si]OS(=O)(=O)C(F)(F)F)C(F)(F)F. The third-order valence-electron chi connectivity index (χ3n) is 0.854.